The summed E-state index contributed by atoms with van der Waals surface area (Å²) in [5.74, 6) is 0.357. The fraction of sp³-hybridized carbons (Fsp3) is 0.217. The molecule has 3 aromatic heterocycles. The van der Waals surface area contributed by atoms with Crippen molar-refractivity contribution in [2.24, 2.45) is 0 Å². The van der Waals surface area contributed by atoms with Crippen LogP contribution in [-0.2, 0) is 13.0 Å². The summed E-state index contributed by atoms with van der Waals surface area (Å²) in [6.45, 7) is 6.73. The van der Waals surface area contributed by atoms with Crippen molar-refractivity contribution in [1.82, 2.24) is 19.7 Å². The van der Waals surface area contributed by atoms with Gasteiger partial charge in [0.05, 0.1) is 5.69 Å². The molecule has 0 aliphatic rings. The highest BCUT2D eigenvalue weighted by atomic mass is 32.1. The van der Waals surface area contributed by atoms with Crippen molar-refractivity contribution in [2.75, 3.05) is 5.32 Å². The van der Waals surface area contributed by atoms with E-state index in [2.05, 4.69) is 52.4 Å². The van der Waals surface area contributed by atoms with Gasteiger partial charge in [-0.15, -0.1) is 11.3 Å². The monoisotopic (exact) mass is 417 g/mol. The van der Waals surface area contributed by atoms with Gasteiger partial charge < -0.3 is 5.32 Å². The number of aryl methyl sites for hydroxylation is 5. The molecule has 4 aromatic rings. The van der Waals surface area contributed by atoms with Crippen LogP contribution in [0.15, 0.2) is 55.0 Å². The molecule has 0 bridgehead atoms. The Morgan fingerprint density at radius 3 is 2.67 bits per heavy atom. The largest absolute Gasteiger partial charge is 0.304 e. The van der Waals surface area contributed by atoms with Crippen molar-refractivity contribution < 1.29 is 4.79 Å². The number of hydrogen-bond donors (Lipinski definition) is 1. The van der Waals surface area contributed by atoms with E-state index in [0.29, 0.717) is 10.7 Å². The molecule has 0 radical (unpaired) electrons. The van der Waals surface area contributed by atoms with Gasteiger partial charge in [-0.3, -0.25) is 14.5 Å². The average Bonchev–Trinajstić information content (AvgIpc) is 3.33. The van der Waals surface area contributed by atoms with E-state index in [1.807, 2.05) is 36.0 Å². The molecular formula is C23H23N5OS. The number of thiazole rings is 1. The minimum atomic E-state index is -0.180. The zero-order valence-corrected chi connectivity index (χ0v) is 18.0. The fourth-order valence-electron chi connectivity index (χ4n) is 3.29. The standard InChI is InChI=1S/C23H23N5OS/c1-15-4-5-19(16(2)14-15)23-25-17(3)21(30-23)22(29)26-20-9-13-28(27-20)12-8-18-6-10-24-11-7-18/h4-7,9-11,13-14H,8,12H2,1-3H3,(H,26,27,29). The van der Waals surface area contributed by atoms with Gasteiger partial charge in [-0.1, -0.05) is 23.8 Å². The highest BCUT2D eigenvalue weighted by Gasteiger charge is 2.18. The maximum absolute atomic E-state index is 12.8. The Kier molecular flexibility index (Phi) is 5.72. The van der Waals surface area contributed by atoms with Crippen LogP contribution in [0.3, 0.4) is 0 Å². The lowest BCUT2D eigenvalue weighted by Crippen LogP contribution is -2.12. The Bertz CT molecular complexity index is 1180. The highest BCUT2D eigenvalue weighted by molar-refractivity contribution is 7.17. The van der Waals surface area contributed by atoms with Gasteiger partial charge in [-0.05, 0) is 50.5 Å². The third-order valence-corrected chi connectivity index (χ3v) is 6.07. The Hall–Kier alpha value is -3.32. The first-order chi connectivity index (χ1) is 14.5. The van der Waals surface area contributed by atoms with E-state index in [4.69, 9.17) is 0 Å². The van der Waals surface area contributed by atoms with Gasteiger partial charge in [0.1, 0.15) is 9.88 Å². The maximum Gasteiger partial charge on any atom is 0.268 e. The zero-order valence-electron chi connectivity index (χ0n) is 17.2. The van der Waals surface area contributed by atoms with E-state index in [1.54, 1.807) is 12.4 Å². The second-order valence-electron chi connectivity index (χ2n) is 7.28. The molecule has 1 aromatic carbocycles. The summed E-state index contributed by atoms with van der Waals surface area (Å²) in [7, 11) is 0. The summed E-state index contributed by atoms with van der Waals surface area (Å²) in [6.07, 6.45) is 6.30. The molecule has 7 heteroatoms. The van der Waals surface area contributed by atoms with Gasteiger partial charge >= 0.3 is 0 Å². The van der Waals surface area contributed by atoms with Crippen LogP contribution in [0.1, 0.15) is 32.1 Å². The fourth-order valence-corrected chi connectivity index (χ4v) is 4.35. The molecule has 4 rings (SSSR count). The molecule has 0 atom stereocenters. The Labute approximate surface area is 179 Å². The number of hydrogen-bond acceptors (Lipinski definition) is 5. The van der Waals surface area contributed by atoms with Crippen molar-refractivity contribution in [3.8, 4) is 10.6 Å². The summed E-state index contributed by atoms with van der Waals surface area (Å²) >= 11 is 1.41. The summed E-state index contributed by atoms with van der Waals surface area (Å²) in [4.78, 5) is 22.1. The Morgan fingerprint density at radius 2 is 1.90 bits per heavy atom. The van der Waals surface area contributed by atoms with Crippen LogP contribution in [0.5, 0.6) is 0 Å². The Balaban J connectivity index is 1.44. The van der Waals surface area contributed by atoms with Crippen molar-refractivity contribution in [3.63, 3.8) is 0 Å². The lowest BCUT2D eigenvalue weighted by molar-refractivity contribution is 0.102. The SMILES string of the molecule is Cc1ccc(-c2nc(C)c(C(=O)Nc3ccn(CCc4ccncc4)n3)s2)c(C)c1. The molecule has 1 N–H and O–H groups in total. The lowest BCUT2D eigenvalue weighted by atomic mass is 10.1. The summed E-state index contributed by atoms with van der Waals surface area (Å²) in [5.41, 5.74) is 5.36. The predicted molar refractivity (Wildman–Crippen MR) is 120 cm³/mol. The molecule has 0 saturated heterocycles. The van der Waals surface area contributed by atoms with Crippen LogP contribution < -0.4 is 5.32 Å². The van der Waals surface area contributed by atoms with Gasteiger partial charge in [0.15, 0.2) is 5.82 Å². The van der Waals surface area contributed by atoms with Crippen molar-refractivity contribution in [3.05, 3.63) is 82.3 Å². The lowest BCUT2D eigenvalue weighted by Gasteiger charge is -2.03. The molecule has 3 heterocycles. The third-order valence-electron chi connectivity index (χ3n) is 4.88. The zero-order chi connectivity index (χ0) is 21.1. The van der Waals surface area contributed by atoms with E-state index in [1.165, 1.54) is 22.5 Å². The number of nitrogens with one attached hydrogen (secondary N) is 1. The van der Waals surface area contributed by atoms with E-state index in [0.717, 1.165) is 34.8 Å². The second-order valence-corrected chi connectivity index (χ2v) is 8.27. The second kappa shape index (κ2) is 8.59. The molecule has 6 nitrogen and oxygen atoms in total. The van der Waals surface area contributed by atoms with E-state index < -0.39 is 0 Å². The predicted octanol–water partition coefficient (Wildman–Crippen LogP) is 4.82. The number of amides is 1. The van der Waals surface area contributed by atoms with Gasteiger partial charge in [0, 0.05) is 36.8 Å². The molecule has 0 unspecified atom stereocenters. The van der Waals surface area contributed by atoms with Crippen molar-refractivity contribution in [1.29, 1.82) is 0 Å². The third kappa shape index (κ3) is 4.46. The number of pyridine rings is 1. The highest BCUT2D eigenvalue weighted by Crippen LogP contribution is 2.31. The van der Waals surface area contributed by atoms with Crippen molar-refractivity contribution in [2.45, 2.75) is 33.7 Å². The summed E-state index contributed by atoms with van der Waals surface area (Å²) in [6, 6.07) is 12.1. The van der Waals surface area contributed by atoms with E-state index >= 15 is 0 Å². The van der Waals surface area contributed by atoms with Gasteiger partial charge in [0.25, 0.3) is 5.91 Å². The minimum Gasteiger partial charge on any atom is -0.304 e. The van der Waals surface area contributed by atoms with Crippen molar-refractivity contribution >= 4 is 23.1 Å². The molecule has 0 aliphatic carbocycles. The topological polar surface area (TPSA) is 72.7 Å². The first kappa shape index (κ1) is 20.0. The van der Waals surface area contributed by atoms with Crippen LogP contribution in [0.25, 0.3) is 10.6 Å². The van der Waals surface area contributed by atoms with Gasteiger partial charge in [-0.25, -0.2) is 4.98 Å². The normalized spacial score (nSPS) is 10.9. The Morgan fingerprint density at radius 1 is 1.10 bits per heavy atom. The molecule has 30 heavy (non-hydrogen) atoms. The first-order valence-electron chi connectivity index (χ1n) is 9.78. The van der Waals surface area contributed by atoms with Crippen LogP contribution in [0.2, 0.25) is 0 Å². The quantitative estimate of drug-likeness (QED) is 0.488. The number of anilines is 1. The van der Waals surface area contributed by atoms with Gasteiger partial charge in [-0.2, -0.15) is 5.10 Å². The van der Waals surface area contributed by atoms with E-state index in [9.17, 15) is 4.79 Å². The number of aromatic nitrogens is 4. The number of carbonyl (C=O) groups excluding carboxylic acids is 1. The molecule has 0 spiro atoms. The molecule has 0 fully saturated rings. The molecular weight excluding hydrogens is 394 g/mol. The molecule has 1 amide bonds. The smallest absolute Gasteiger partial charge is 0.268 e. The van der Waals surface area contributed by atoms with E-state index in [-0.39, 0.29) is 5.91 Å². The van der Waals surface area contributed by atoms with Crippen LogP contribution in [-0.4, -0.2) is 25.7 Å². The summed E-state index contributed by atoms with van der Waals surface area (Å²) in [5, 5.41) is 8.22. The molecule has 0 aliphatic heterocycles. The van der Waals surface area contributed by atoms with Crippen LogP contribution in [0, 0.1) is 20.8 Å². The number of rotatable bonds is 6. The van der Waals surface area contributed by atoms with Crippen LogP contribution >= 0.6 is 11.3 Å². The molecule has 0 saturated carbocycles. The molecule has 152 valence electrons. The number of nitrogens with zero attached hydrogens (tertiary/aromatic N) is 4. The number of benzene rings is 1. The maximum atomic E-state index is 12.8. The minimum absolute atomic E-state index is 0.180. The number of carbonyl (C=O) groups is 1. The average molecular weight is 418 g/mol. The first-order valence-corrected chi connectivity index (χ1v) is 10.6. The summed E-state index contributed by atoms with van der Waals surface area (Å²) < 4.78 is 1.83. The van der Waals surface area contributed by atoms with Crippen LogP contribution in [0.4, 0.5) is 5.82 Å². The van der Waals surface area contributed by atoms with Gasteiger partial charge in [0.2, 0.25) is 0 Å².